The predicted octanol–water partition coefficient (Wildman–Crippen LogP) is 2.53. The van der Waals surface area contributed by atoms with E-state index in [-0.39, 0.29) is 22.3 Å². The summed E-state index contributed by atoms with van der Waals surface area (Å²) in [6, 6.07) is 17.5. The zero-order valence-electron chi connectivity index (χ0n) is 15.9. The third kappa shape index (κ3) is 3.62. The van der Waals surface area contributed by atoms with Gasteiger partial charge in [-0.2, -0.15) is 0 Å². The molecule has 1 aliphatic rings. The Bertz CT molecular complexity index is 1210. The van der Waals surface area contributed by atoms with Gasteiger partial charge in [-0.15, -0.1) is 0 Å². The second kappa shape index (κ2) is 7.47. The molecule has 7 nitrogen and oxygen atoms in total. The minimum Gasteiger partial charge on any atom is -0.504 e. The van der Waals surface area contributed by atoms with Gasteiger partial charge in [-0.3, -0.25) is 4.79 Å². The number of rotatable bonds is 3. The van der Waals surface area contributed by atoms with Gasteiger partial charge < -0.3 is 15.1 Å². The van der Waals surface area contributed by atoms with Crippen molar-refractivity contribution in [2.75, 3.05) is 6.54 Å². The van der Waals surface area contributed by atoms with Gasteiger partial charge in [0, 0.05) is 12.1 Å². The first-order valence-electron chi connectivity index (χ1n) is 9.29. The van der Waals surface area contributed by atoms with Gasteiger partial charge in [0.25, 0.3) is 5.91 Å². The molecule has 4 rings (SSSR count). The van der Waals surface area contributed by atoms with Crippen LogP contribution in [0, 0.1) is 0 Å². The van der Waals surface area contributed by atoms with Gasteiger partial charge in [-0.05, 0) is 59.5 Å². The van der Waals surface area contributed by atoms with Gasteiger partial charge in [0.2, 0.25) is 10.0 Å². The van der Waals surface area contributed by atoms with Gasteiger partial charge in [0.05, 0.1) is 10.9 Å². The monoisotopic (exact) mass is 424 g/mol. The highest BCUT2D eigenvalue weighted by molar-refractivity contribution is 7.89. The fraction of sp³-hybridized carbons (Fsp3) is 0.136. The molecule has 0 spiro atoms. The first-order valence-corrected chi connectivity index (χ1v) is 10.8. The molecule has 30 heavy (non-hydrogen) atoms. The van der Waals surface area contributed by atoms with Crippen molar-refractivity contribution >= 4 is 15.9 Å². The topological polar surface area (TPSA) is 121 Å². The normalized spacial score (nSPS) is 16.2. The Morgan fingerprint density at radius 2 is 1.60 bits per heavy atom. The number of aromatic hydroxyl groups is 2. The average molecular weight is 424 g/mol. The van der Waals surface area contributed by atoms with E-state index in [0.717, 1.165) is 16.7 Å². The van der Waals surface area contributed by atoms with Crippen LogP contribution in [0.1, 0.15) is 33.1 Å². The Morgan fingerprint density at radius 1 is 0.967 bits per heavy atom. The lowest BCUT2D eigenvalue weighted by molar-refractivity contribution is 0.0694. The molecule has 3 aromatic rings. The van der Waals surface area contributed by atoms with E-state index in [2.05, 4.69) is 0 Å². The summed E-state index contributed by atoms with van der Waals surface area (Å²) in [7, 11) is -3.85. The second-order valence-electron chi connectivity index (χ2n) is 7.17. The fourth-order valence-electron chi connectivity index (χ4n) is 3.81. The maximum Gasteiger partial charge on any atom is 0.254 e. The summed E-state index contributed by atoms with van der Waals surface area (Å²) in [4.78, 5) is 15.0. The molecule has 0 saturated heterocycles. The largest absolute Gasteiger partial charge is 0.504 e. The van der Waals surface area contributed by atoms with Crippen LogP contribution in [0.25, 0.3) is 0 Å². The average Bonchev–Trinajstić information content (AvgIpc) is 2.73. The fourth-order valence-corrected chi connectivity index (χ4v) is 4.33. The van der Waals surface area contributed by atoms with E-state index >= 15 is 0 Å². The maximum absolute atomic E-state index is 13.3. The summed E-state index contributed by atoms with van der Waals surface area (Å²) in [5.41, 5.74) is 2.78. The summed E-state index contributed by atoms with van der Waals surface area (Å²) in [6.07, 6.45) is 0.507. The molecule has 0 aromatic heterocycles. The molecular weight excluding hydrogens is 404 g/mol. The van der Waals surface area contributed by atoms with Crippen molar-refractivity contribution in [3.63, 3.8) is 0 Å². The molecule has 8 heteroatoms. The number of hydrogen-bond acceptors (Lipinski definition) is 5. The molecule has 0 radical (unpaired) electrons. The number of hydrogen-bond donors (Lipinski definition) is 3. The van der Waals surface area contributed by atoms with Crippen molar-refractivity contribution in [1.29, 1.82) is 0 Å². The van der Waals surface area contributed by atoms with E-state index in [4.69, 9.17) is 5.14 Å². The summed E-state index contributed by atoms with van der Waals surface area (Å²) < 4.78 is 23.0. The van der Waals surface area contributed by atoms with Gasteiger partial charge in [-0.25, -0.2) is 13.6 Å². The number of phenolic OH excluding ortho intramolecular Hbond substituents is 2. The number of carbonyl (C=O) groups excluding carboxylic acids is 1. The molecule has 3 aromatic carbocycles. The highest BCUT2D eigenvalue weighted by Gasteiger charge is 2.33. The molecule has 0 bridgehead atoms. The highest BCUT2D eigenvalue weighted by atomic mass is 32.2. The minimum atomic E-state index is -3.85. The molecule has 1 atom stereocenters. The van der Waals surface area contributed by atoms with Crippen molar-refractivity contribution in [1.82, 2.24) is 4.90 Å². The Labute approximate surface area is 174 Å². The lowest BCUT2D eigenvalue weighted by Gasteiger charge is -2.38. The van der Waals surface area contributed by atoms with Gasteiger partial charge in [0.1, 0.15) is 0 Å². The molecule has 4 N–H and O–H groups in total. The number of fused-ring (bicyclic) bond motifs is 1. The zero-order valence-corrected chi connectivity index (χ0v) is 16.7. The van der Waals surface area contributed by atoms with E-state index in [1.165, 1.54) is 36.4 Å². The third-order valence-electron chi connectivity index (χ3n) is 5.27. The first-order chi connectivity index (χ1) is 14.3. The maximum atomic E-state index is 13.3. The van der Waals surface area contributed by atoms with Crippen molar-refractivity contribution in [2.45, 2.75) is 17.4 Å². The Balaban J connectivity index is 1.78. The van der Waals surface area contributed by atoms with Crippen LogP contribution >= 0.6 is 0 Å². The zero-order chi connectivity index (χ0) is 21.5. The van der Waals surface area contributed by atoms with Crippen molar-refractivity contribution in [2.24, 2.45) is 5.14 Å². The molecule has 1 heterocycles. The number of nitrogens with two attached hydrogens (primary N) is 1. The van der Waals surface area contributed by atoms with Gasteiger partial charge in [0.15, 0.2) is 11.5 Å². The Hall–Kier alpha value is -3.36. The molecule has 1 unspecified atom stereocenters. The number of sulfonamides is 1. The minimum absolute atomic E-state index is 0.0666. The molecule has 0 aliphatic carbocycles. The van der Waals surface area contributed by atoms with E-state index in [0.29, 0.717) is 18.5 Å². The molecule has 1 amide bonds. The van der Waals surface area contributed by atoms with Crippen molar-refractivity contribution < 1.29 is 23.4 Å². The smallest absolute Gasteiger partial charge is 0.254 e. The van der Waals surface area contributed by atoms with E-state index in [1.807, 2.05) is 30.3 Å². The van der Waals surface area contributed by atoms with Crippen LogP contribution < -0.4 is 5.14 Å². The van der Waals surface area contributed by atoms with E-state index in [1.54, 1.807) is 4.90 Å². The van der Waals surface area contributed by atoms with Crippen LogP contribution in [0.2, 0.25) is 0 Å². The Kier molecular flexibility index (Phi) is 4.97. The lowest BCUT2D eigenvalue weighted by Crippen LogP contribution is -2.40. The summed E-state index contributed by atoms with van der Waals surface area (Å²) in [5, 5.41) is 25.1. The number of phenols is 2. The molecule has 154 valence electrons. The number of benzene rings is 3. The van der Waals surface area contributed by atoms with Crippen molar-refractivity contribution in [3.05, 3.63) is 89.0 Å². The van der Waals surface area contributed by atoms with Gasteiger partial charge in [-0.1, -0.05) is 30.3 Å². The number of amides is 1. The highest BCUT2D eigenvalue weighted by Crippen LogP contribution is 2.40. The van der Waals surface area contributed by atoms with Crippen LogP contribution in [0.4, 0.5) is 0 Å². The van der Waals surface area contributed by atoms with Crippen LogP contribution in [-0.4, -0.2) is 36.0 Å². The van der Waals surface area contributed by atoms with Crippen LogP contribution in [0.3, 0.4) is 0 Å². The van der Waals surface area contributed by atoms with Gasteiger partial charge >= 0.3 is 0 Å². The summed E-state index contributed by atoms with van der Waals surface area (Å²) in [5.74, 6) is -0.719. The summed E-state index contributed by atoms with van der Waals surface area (Å²) >= 11 is 0. The molecule has 0 fully saturated rings. The van der Waals surface area contributed by atoms with Crippen LogP contribution in [0.15, 0.2) is 71.6 Å². The van der Waals surface area contributed by atoms with E-state index < -0.39 is 16.1 Å². The standard InChI is InChI=1S/C22H20N2O5S/c23-30(28,29)17-8-6-15(7-9-17)22(27)24-11-10-16-12-19(25)20(26)13-18(16)21(24)14-4-2-1-3-5-14/h1-9,12-13,21,25-26H,10-11H2,(H2,23,28,29). The number of nitrogens with zero attached hydrogens (tertiary/aromatic N) is 1. The number of primary sulfonamides is 1. The molecule has 0 saturated carbocycles. The SMILES string of the molecule is NS(=O)(=O)c1ccc(C(=O)N2CCc3cc(O)c(O)cc3C2c2ccccc2)cc1. The van der Waals surface area contributed by atoms with Crippen molar-refractivity contribution in [3.8, 4) is 11.5 Å². The summed E-state index contributed by atoms with van der Waals surface area (Å²) in [6.45, 7) is 0.395. The third-order valence-corrected chi connectivity index (χ3v) is 6.20. The van der Waals surface area contributed by atoms with E-state index in [9.17, 15) is 23.4 Å². The second-order valence-corrected chi connectivity index (χ2v) is 8.73. The predicted molar refractivity (Wildman–Crippen MR) is 111 cm³/mol. The molecular formula is C22H20N2O5S. The first kappa shape index (κ1) is 19.9. The van der Waals surface area contributed by atoms with Crippen LogP contribution in [0.5, 0.6) is 11.5 Å². The molecule has 1 aliphatic heterocycles. The lowest BCUT2D eigenvalue weighted by atomic mass is 9.87. The Morgan fingerprint density at radius 3 is 2.23 bits per heavy atom. The van der Waals surface area contributed by atoms with Crippen LogP contribution in [-0.2, 0) is 16.4 Å². The quantitative estimate of drug-likeness (QED) is 0.558. The number of carbonyl (C=O) groups is 1.